The highest BCUT2D eigenvalue weighted by Crippen LogP contribution is 2.45. The molecule has 3 atom stereocenters. The van der Waals surface area contributed by atoms with Gasteiger partial charge < -0.3 is 9.84 Å². The van der Waals surface area contributed by atoms with Gasteiger partial charge in [0.2, 0.25) is 0 Å². The molecule has 0 spiro atoms. The number of sulfone groups is 1. The average Bonchev–Trinajstić information content (AvgIpc) is 2.62. The molecule has 0 amide bonds. The maximum Gasteiger partial charge on any atom is 0.150 e. The zero-order chi connectivity index (χ0) is 14.5. The summed E-state index contributed by atoms with van der Waals surface area (Å²) < 4.78 is 28.9. The van der Waals surface area contributed by atoms with Crippen molar-refractivity contribution >= 4 is 9.84 Å². The van der Waals surface area contributed by atoms with Crippen LogP contribution in [0, 0.1) is 11.8 Å². The number of rotatable bonds is 3. The molecule has 4 nitrogen and oxygen atoms in total. The number of aliphatic hydroxyl groups excluding tert-OH is 1. The Labute approximate surface area is 116 Å². The molecule has 0 bridgehead atoms. The van der Waals surface area contributed by atoms with Crippen LogP contribution in [0.2, 0.25) is 0 Å². The van der Waals surface area contributed by atoms with E-state index < -0.39 is 15.9 Å². The lowest BCUT2D eigenvalue weighted by atomic mass is 9.80. The third kappa shape index (κ3) is 3.50. The Morgan fingerprint density at radius 2 is 1.95 bits per heavy atom. The van der Waals surface area contributed by atoms with Gasteiger partial charge in [-0.05, 0) is 52.9 Å². The second-order valence-electron chi connectivity index (χ2n) is 7.35. The van der Waals surface area contributed by atoms with Crippen molar-refractivity contribution in [2.45, 2.75) is 64.3 Å². The molecule has 2 heterocycles. The van der Waals surface area contributed by atoms with Gasteiger partial charge in [-0.25, -0.2) is 8.42 Å². The average molecular weight is 290 g/mol. The fourth-order valence-electron chi connectivity index (χ4n) is 3.77. The minimum Gasteiger partial charge on any atom is -0.393 e. The van der Waals surface area contributed by atoms with Crippen molar-refractivity contribution in [2.24, 2.45) is 11.8 Å². The minimum atomic E-state index is -2.86. The van der Waals surface area contributed by atoms with E-state index in [9.17, 15) is 13.5 Å². The Hall–Kier alpha value is -0.130. The molecule has 1 N–H and O–H groups in total. The topological polar surface area (TPSA) is 63.6 Å². The molecule has 3 unspecified atom stereocenters. The minimum absolute atomic E-state index is 0.0748. The quantitative estimate of drug-likeness (QED) is 0.860. The molecule has 2 aliphatic heterocycles. The van der Waals surface area contributed by atoms with Crippen molar-refractivity contribution < 1.29 is 18.3 Å². The molecule has 0 saturated carbocycles. The molecule has 2 fully saturated rings. The lowest BCUT2D eigenvalue weighted by molar-refractivity contribution is -0.0891. The van der Waals surface area contributed by atoms with Crippen molar-refractivity contribution in [3.05, 3.63) is 0 Å². The standard InChI is InChI=1S/C14H26O4S/c1-13(2)8-11(14(3,4)18-13)12(15)7-10-5-6-19(16,17)9-10/h10-12,15H,5-9H2,1-4H3. The third-order valence-corrected chi connectivity index (χ3v) is 6.35. The molecular formula is C14H26O4S. The van der Waals surface area contributed by atoms with E-state index in [1.807, 2.05) is 27.7 Å². The number of hydrogen-bond acceptors (Lipinski definition) is 4. The van der Waals surface area contributed by atoms with Gasteiger partial charge in [-0.3, -0.25) is 0 Å². The van der Waals surface area contributed by atoms with Crippen LogP contribution in [0.1, 0.15) is 47.0 Å². The van der Waals surface area contributed by atoms with Crippen LogP contribution in [0.25, 0.3) is 0 Å². The van der Waals surface area contributed by atoms with E-state index in [1.54, 1.807) is 0 Å². The van der Waals surface area contributed by atoms with Crippen molar-refractivity contribution in [3.63, 3.8) is 0 Å². The fraction of sp³-hybridized carbons (Fsp3) is 1.00. The second kappa shape index (κ2) is 4.71. The first-order valence-corrected chi connectivity index (χ1v) is 8.92. The van der Waals surface area contributed by atoms with Crippen LogP contribution in [0.5, 0.6) is 0 Å². The second-order valence-corrected chi connectivity index (χ2v) is 9.58. The van der Waals surface area contributed by atoms with E-state index in [4.69, 9.17) is 4.74 Å². The molecule has 0 aromatic rings. The molecule has 2 rings (SSSR count). The molecule has 0 aliphatic carbocycles. The molecule has 2 saturated heterocycles. The predicted octanol–water partition coefficient (Wildman–Crippen LogP) is 1.77. The first-order valence-electron chi connectivity index (χ1n) is 7.09. The maximum absolute atomic E-state index is 11.5. The van der Waals surface area contributed by atoms with Gasteiger partial charge in [0.25, 0.3) is 0 Å². The molecule has 0 aromatic carbocycles. The zero-order valence-electron chi connectivity index (χ0n) is 12.3. The monoisotopic (exact) mass is 290 g/mol. The summed E-state index contributed by atoms with van der Waals surface area (Å²) in [5, 5.41) is 10.5. The van der Waals surface area contributed by atoms with Gasteiger partial charge in [-0.1, -0.05) is 0 Å². The van der Waals surface area contributed by atoms with Gasteiger partial charge >= 0.3 is 0 Å². The molecule has 19 heavy (non-hydrogen) atoms. The van der Waals surface area contributed by atoms with Crippen LogP contribution in [0.4, 0.5) is 0 Å². The summed E-state index contributed by atoms with van der Waals surface area (Å²) in [5.41, 5.74) is -0.558. The summed E-state index contributed by atoms with van der Waals surface area (Å²) in [6, 6.07) is 0. The summed E-state index contributed by atoms with van der Waals surface area (Å²) in [7, 11) is -2.86. The third-order valence-electron chi connectivity index (χ3n) is 4.51. The first kappa shape index (κ1) is 15.3. The molecule has 2 aliphatic rings. The van der Waals surface area contributed by atoms with Crippen LogP contribution in [-0.2, 0) is 14.6 Å². The number of aliphatic hydroxyl groups is 1. The van der Waals surface area contributed by atoms with Crippen LogP contribution in [0.3, 0.4) is 0 Å². The Morgan fingerprint density at radius 3 is 2.37 bits per heavy atom. The van der Waals surface area contributed by atoms with Gasteiger partial charge in [0.15, 0.2) is 9.84 Å². The summed E-state index contributed by atoms with van der Waals surface area (Å²) in [5.74, 6) is 0.701. The number of ether oxygens (including phenoxy) is 1. The zero-order valence-corrected chi connectivity index (χ0v) is 13.2. The van der Waals surface area contributed by atoms with Gasteiger partial charge in [0, 0.05) is 5.92 Å². The van der Waals surface area contributed by atoms with Gasteiger partial charge in [-0.2, -0.15) is 0 Å². The van der Waals surface area contributed by atoms with Gasteiger partial charge in [-0.15, -0.1) is 0 Å². The largest absolute Gasteiger partial charge is 0.393 e. The summed E-state index contributed by atoms with van der Waals surface area (Å²) >= 11 is 0. The molecule has 0 radical (unpaired) electrons. The lowest BCUT2D eigenvalue weighted by Gasteiger charge is -2.31. The normalized spacial score (nSPS) is 37.3. The van der Waals surface area contributed by atoms with Crippen LogP contribution in [0.15, 0.2) is 0 Å². The van der Waals surface area contributed by atoms with E-state index >= 15 is 0 Å². The smallest absolute Gasteiger partial charge is 0.150 e. The molecule has 5 heteroatoms. The Bertz CT molecular complexity index is 438. The van der Waals surface area contributed by atoms with Crippen LogP contribution < -0.4 is 0 Å². The Balaban J connectivity index is 1.99. The van der Waals surface area contributed by atoms with Crippen LogP contribution in [-0.4, -0.2) is 42.3 Å². The van der Waals surface area contributed by atoms with E-state index in [1.165, 1.54) is 0 Å². The molecular weight excluding hydrogens is 264 g/mol. The Morgan fingerprint density at radius 1 is 1.32 bits per heavy atom. The van der Waals surface area contributed by atoms with E-state index in [0.717, 1.165) is 6.42 Å². The lowest BCUT2D eigenvalue weighted by Crippen LogP contribution is -2.37. The fourth-order valence-corrected chi connectivity index (χ4v) is 5.65. The molecule has 112 valence electrons. The van der Waals surface area contributed by atoms with Crippen LogP contribution >= 0.6 is 0 Å². The summed E-state index contributed by atoms with van der Waals surface area (Å²) in [6.07, 6.45) is 1.61. The van der Waals surface area contributed by atoms with Crippen molar-refractivity contribution in [1.29, 1.82) is 0 Å². The van der Waals surface area contributed by atoms with Crippen molar-refractivity contribution in [2.75, 3.05) is 11.5 Å². The van der Waals surface area contributed by atoms with Crippen molar-refractivity contribution in [1.82, 2.24) is 0 Å². The van der Waals surface area contributed by atoms with E-state index in [0.29, 0.717) is 12.8 Å². The van der Waals surface area contributed by atoms with Gasteiger partial charge in [0.1, 0.15) is 0 Å². The maximum atomic E-state index is 11.5. The molecule has 0 aromatic heterocycles. The van der Waals surface area contributed by atoms with E-state index in [2.05, 4.69) is 0 Å². The predicted molar refractivity (Wildman–Crippen MR) is 74.7 cm³/mol. The highest BCUT2D eigenvalue weighted by molar-refractivity contribution is 7.91. The van der Waals surface area contributed by atoms with E-state index in [-0.39, 0.29) is 34.5 Å². The highest BCUT2D eigenvalue weighted by Gasteiger charge is 2.49. The Kier molecular flexibility index (Phi) is 3.78. The first-order chi connectivity index (χ1) is 8.51. The van der Waals surface area contributed by atoms with Crippen molar-refractivity contribution in [3.8, 4) is 0 Å². The summed E-state index contributed by atoms with van der Waals surface area (Å²) in [4.78, 5) is 0. The summed E-state index contributed by atoms with van der Waals surface area (Å²) in [6.45, 7) is 8.12. The SMILES string of the molecule is CC1(C)CC(C(O)CC2CCS(=O)(=O)C2)C(C)(C)O1. The highest BCUT2D eigenvalue weighted by atomic mass is 32.2. The van der Waals surface area contributed by atoms with Gasteiger partial charge in [0.05, 0.1) is 28.8 Å². The number of hydrogen-bond donors (Lipinski definition) is 1.